The van der Waals surface area contributed by atoms with Gasteiger partial charge in [0.2, 0.25) is 0 Å². The zero-order valence-corrected chi connectivity index (χ0v) is 29.5. The highest BCUT2D eigenvalue weighted by Crippen LogP contribution is 2.41. The molecule has 8 aromatic carbocycles. The number of hydrogen-bond donors (Lipinski definition) is 0. The Labute approximate surface area is 316 Å². The molecule has 3 heterocycles. The summed E-state index contributed by atoms with van der Waals surface area (Å²) >= 11 is 0. The lowest BCUT2D eigenvalue weighted by Crippen LogP contribution is -2.00. The molecule has 0 aliphatic carbocycles. The minimum atomic E-state index is 0.599. The topological polar surface area (TPSA) is 42.9 Å². The summed E-state index contributed by atoms with van der Waals surface area (Å²) in [6.07, 6.45) is 0. The van der Waals surface area contributed by atoms with Crippen LogP contribution in [0.4, 0.5) is 5.69 Å². The van der Waals surface area contributed by atoms with Crippen LogP contribution in [0.15, 0.2) is 176 Å². The molecule has 5 nitrogen and oxygen atoms in total. The van der Waals surface area contributed by atoms with Crippen molar-refractivity contribution in [3.8, 4) is 34.3 Å². The fraction of sp³-hybridized carbons (Fsp3) is 0. The predicted molar refractivity (Wildman–Crippen MR) is 226 cm³/mol. The van der Waals surface area contributed by atoms with Crippen LogP contribution in [0.3, 0.4) is 0 Å². The number of hydrogen-bond acceptors (Lipinski definition) is 1. The second kappa shape index (κ2) is 11.8. The summed E-state index contributed by atoms with van der Waals surface area (Å²) < 4.78 is 6.95. The maximum Gasteiger partial charge on any atom is 0.188 e. The van der Waals surface area contributed by atoms with E-state index >= 15 is 0 Å². The molecule has 3 aromatic heterocycles. The number of nitrogens with zero attached hydrogens (tertiary/aromatic N) is 5. The largest absolute Gasteiger partial charge is 0.309 e. The van der Waals surface area contributed by atoms with Gasteiger partial charge in [-0.05, 0) is 83.7 Å². The minimum Gasteiger partial charge on any atom is -0.309 e. The minimum absolute atomic E-state index is 0.599. The lowest BCUT2D eigenvalue weighted by atomic mass is 9.97. The van der Waals surface area contributed by atoms with Crippen molar-refractivity contribution in [2.75, 3.05) is 0 Å². The first kappa shape index (κ1) is 30.7. The van der Waals surface area contributed by atoms with E-state index in [2.05, 4.69) is 158 Å². The van der Waals surface area contributed by atoms with Crippen molar-refractivity contribution in [3.05, 3.63) is 193 Å². The molecule has 0 bridgehead atoms. The molecule has 0 fully saturated rings. The molecule has 0 radical (unpaired) electrons. The first-order valence-corrected chi connectivity index (χ1v) is 18.3. The molecule has 11 aromatic rings. The van der Waals surface area contributed by atoms with Crippen LogP contribution in [-0.2, 0) is 0 Å². The highest BCUT2D eigenvalue weighted by molar-refractivity contribution is 6.13. The zero-order valence-electron chi connectivity index (χ0n) is 29.5. The van der Waals surface area contributed by atoms with Crippen molar-refractivity contribution in [3.63, 3.8) is 0 Å². The molecular formula is C50H29N5. The maximum absolute atomic E-state index is 10.5. The number of fused-ring (bicyclic) bond motifs is 9. The molecule has 55 heavy (non-hydrogen) atoms. The van der Waals surface area contributed by atoms with Crippen LogP contribution in [0.25, 0.3) is 98.5 Å². The van der Waals surface area contributed by atoms with E-state index in [1.54, 1.807) is 0 Å². The third kappa shape index (κ3) is 4.45. The Kier molecular flexibility index (Phi) is 6.61. The van der Waals surface area contributed by atoms with Crippen molar-refractivity contribution in [1.29, 1.82) is 5.26 Å². The van der Waals surface area contributed by atoms with E-state index in [0.29, 0.717) is 11.3 Å². The number of aromatic nitrogens is 3. The number of rotatable bonds is 4. The third-order valence-electron chi connectivity index (χ3n) is 11.1. The van der Waals surface area contributed by atoms with Crippen LogP contribution in [0.2, 0.25) is 0 Å². The molecule has 0 amide bonds. The first-order valence-electron chi connectivity index (χ1n) is 18.3. The molecule has 0 spiro atoms. The molecule has 0 aliphatic heterocycles. The second-order valence-electron chi connectivity index (χ2n) is 13.9. The smallest absolute Gasteiger partial charge is 0.188 e. The van der Waals surface area contributed by atoms with Crippen LogP contribution >= 0.6 is 0 Å². The Bertz CT molecular complexity index is 3400. The van der Waals surface area contributed by atoms with Gasteiger partial charge in [-0.3, -0.25) is 0 Å². The van der Waals surface area contributed by atoms with E-state index < -0.39 is 0 Å². The normalized spacial score (nSPS) is 11.6. The van der Waals surface area contributed by atoms with Gasteiger partial charge in [0.1, 0.15) is 0 Å². The Hall–Kier alpha value is -7.86. The maximum atomic E-state index is 10.5. The monoisotopic (exact) mass is 699 g/mol. The van der Waals surface area contributed by atoms with Crippen molar-refractivity contribution in [2.45, 2.75) is 0 Å². The number of nitriles is 1. The lowest BCUT2D eigenvalue weighted by Gasteiger charge is -2.16. The molecule has 0 saturated heterocycles. The summed E-state index contributed by atoms with van der Waals surface area (Å²) in [7, 11) is 0. The average Bonchev–Trinajstić information content (AvgIpc) is 3.88. The zero-order chi connectivity index (χ0) is 36.6. The van der Waals surface area contributed by atoms with Gasteiger partial charge in [0.05, 0.1) is 57.0 Å². The molecular weight excluding hydrogens is 671 g/mol. The Morgan fingerprint density at radius 3 is 1.53 bits per heavy atom. The van der Waals surface area contributed by atoms with Gasteiger partial charge in [0.15, 0.2) is 5.69 Å². The summed E-state index contributed by atoms with van der Waals surface area (Å²) in [6.45, 7) is 7.64. The number of benzene rings is 8. The van der Waals surface area contributed by atoms with E-state index in [1.807, 2.05) is 42.5 Å². The second-order valence-corrected chi connectivity index (χ2v) is 13.9. The summed E-state index contributed by atoms with van der Waals surface area (Å²) in [6, 6.07) is 63.8. The summed E-state index contributed by atoms with van der Waals surface area (Å²) in [5.41, 5.74) is 12.7. The van der Waals surface area contributed by atoms with E-state index in [9.17, 15) is 5.26 Å². The van der Waals surface area contributed by atoms with Gasteiger partial charge in [0, 0.05) is 43.9 Å². The molecule has 0 atom stereocenters. The summed E-state index contributed by atoms with van der Waals surface area (Å²) in [5.74, 6) is 0. The van der Waals surface area contributed by atoms with Crippen LogP contribution in [0, 0.1) is 17.9 Å². The predicted octanol–water partition coefficient (Wildman–Crippen LogP) is 13.1. The van der Waals surface area contributed by atoms with Crippen molar-refractivity contribution in [2.24, 2.45) is 0 Å². The SMILES string of the molecule is [C-]#[N+]c1ccc2c(c1)c1ccccc1n2-c1cccc(C#N)c1-c1ccc(-n2c3ccccc3c3ccc(-n4c5ccccc5c5ccccc54)cc32)cc1. The van der Waals surface area contributed by atoms with E-state index in [0.717, 1.165) is 61.0 Å². The first-order chi connectivity index (χ1) is 27.2. The molecule has 5 heteroatoms. The standard InChI is InChI=1S/C50H29N5/c1-52-34-23-28-47-42(29-34)40-15-5-9-19-46(40)55(47)48-20-10-11-33(31-51)50(48)32-21-24-35(25-22-32)53-43-16-6-4-14-39(43)41-27-26-36(30-49(41)53)54-44-17-7-2-12-37(44)38-13-3-8-18-45(38)54/h2-30H. The summed E-state index contributed by atoms with van der Waals surface area (Å²) in [5, 5.41) is 17.4. The molecule has 0 saturated carbocycles. The van der Waals surface area contributed by atoms with Gasteiger partial charge < -0.3 is 13.7 Å². The van der Waals surface area contributed by atoms with Crippen molar-refractivity contribution >= 4 is 71.1 Å². The number of para-hydroxylation sites is 4. The van der Waals surface area contributed by atoms with Crippen molar-refractivity contribution in [1.82, 2.24) is 13.7 Å². The average molecular weight is 700 g/mol. The fourth-order valence-corrected chi connectivity index (χ4v) is 8.77. The van der Waals surface area contributed by atoms with Gasteiger partial charge in [0.25, 0.3) is 0 Å². The van der Waals surface area contributed by atoms with Crippen LogP contribution in [-0.4, -0.2) is 13.7 Å². The van der Waals surface area contributed by atoms with Gasteiger partial charge in [-0.2, -0.15) is 5.26 Å². The Balaban J connectivity index is 1.11. The van der Waals surface area contributed by atoms with E-state index in [1.165, 1.54) is 32.6 Å². The summed E-state index contributed by atoms with van der Waals surface area (Å²) in [4.78, 5) is 3.71. The highest BCUT2D eigenvalue weighted by atomic mass is 15.0. The Morgan fingerprint density at radius 1 is 0.418 bits per heavy atom. The third-order valence-corrected chi connectivity index (χ3v) is 11.1. The molecule has 0 aliphatic rings. The van der Waals surface area contributed by atoms with Gasteiger partial charge in [-0.1, -0.05) is 103 Å². The van der Waals surface area contributed by atoms with Crippen LogP contribution in [0.1, 0.15) is 5.56 Å². The Morgan fingerprint density at radius 2 is 0.927 bits per heavy atom. The molecule has 11 rings (SSSR count). The van der Waals surface area contributed by atoms with Gasteiger partial charge in [-0.15, -0.1) is 0 Å². The van der Waals surface area contributed by atoms with E-state index in [4.69, 9.17) is 6.57 Å². The molecule has 0 N–H and O–H groups in total. The van der Waals surface area contributed by atoms with Gasteiger partial charge in [-0.25, -0.2) is 4.85 Å². The molecule has 0 unspecified atom stereocenters. The van der Waals surface area contributed by atoms with Gasteiger partial charge >= 0.3 is 0 Å². The quantitative estimate of drug-likeness (QED) is 0.169. The van der Waals surface area contributed by atoms with Crippen molar-refractivity contribution < 1.29 is 0 Å². The van der Waals surface area contributed by atoms with E-state index in [-0.39, 0.29) is 0 Å². The highest BCUT2D eigenvalue weighted by Gasteiger charge is 2.20. The molecule has 254 valence electrons. The lowest BCUT2D eigenvalue weighted by molar-refractivity contribution is 1.15. The van der Waals surface area contributed by atoms with Crippen LogP contribution < -0.4 is 0 Å². The fourth-order valence-electron chi connectivity index (χ4n) is 8.77. The van der Waals surface area contributed by atoms with Crippen LogP contribution in [0.5, 0.6) is 0 Å².